The van der Waals surface area contributed by atoms with Crippen molar-refractivity contribution in [2.45, 2.75) is 44.6 Å². The number of amides is 1. The van der Waals surface area contributed by atoms with Crippen LogP contribution in [0.5, 0.6) is 0 Å². The van der Waals surface area contributed by atoms with E-state index in [-0.39, 0.29) is 0 Å². The van der Waals surface area contributed by atoms with Gasteiger partial charge in [-0.2, -0.15) is 0 Å². The molecule has 2 nitrogen and oxygen atoms in total. The predicted molar refractivity (Wildman–Crippen MR) is 79.2 cm³/mol. The van der Waals surface area contributed by atoms with E-state index in [1.54, 1.807) is 0 Å². The smallest absolute Gasteiger partial charge is 0.226 e. The minimum absolute atomic E-state index is 0.317. The monoisotopic (exact) mass is 269 g/mol. The fraction of sp³-hybridized carbons (Fsp3) is 0.611. The lowest BCUT2D eigenvalue weighted by Gasteiger charge is -2.31. The molecule has 3 aliphatic rings. The van der Waals surface area contributed by atoms with Crippen molar-refractivity contribution < 1.29 is 4.79 Å². The molecule has 2 bridgehead atoms. The van der Waals surface area contributed by atoms with Gasteiger partial charge < -0.3 is 4.90 Å². The number of hydrogen-bond donors (Lipinski definition) is 0. The van der Waals surface area contributed by atoms with E-state index >= 15 is 0 Å². The molecule has 0 unspecified atom stereocenters. The lowest BCUT2D eigenvalue weighted by atomic mass is 9.87. The summed E-state index contributed by atoms with van der Waals surface area (Å²) < 4.78 is 0. The molecular formula is C18H23NO. The molecule has 106 valence electrons. The van der Waals surface area contributed by atoms with Gasteiger partial charge >= 0.3 is 0 Å². The first-order chi connectivity index (χ1) is 9.74. The fourth-order valence-electron chi connectivity index (χ4n) is 4.90. The van der Waals surface area contributed by atoms with Gasteiger partial charge in [-0.3, -0.25) is 4.79 Å². The number of aryl methyl sites for hydroxylation is 1. The predicted octanol–water partition coefficient (Wildman–Crippen LogP) is 3.57. The Hall–Kier alpha value is -1.31. The molecule has 0 aromatic heterocycles. The van der Waals surface area contributed by atoms with Gasteiger partial charge in [0.25, 0.3) is 0 Å². The van der Waals surface area contributed by atoms with Crippen molar-refractivity contribution >= 4 is 5.91 Å². The Kier molecular flexibility index (Phi) is 2.87. The van der Waals surface area contributed by atoms with E-state index < -0.39 is 0 Å². The largest absolute Gasteiger partial charge is 0.338 e. The summed E-state index contributed by atoms with van der Waals surface area (Å²) in [5.41, 5.74) is 2.82. The SMILES string of the molecule is CN(C(=O)[C@@H]1C[C@H]2CC[C@H]1C2)[C@H]1CCc2ccccc21. The number of carbonyl (C=O) groups is 1. The van der Waals surface area contributed by atoms with Crippen LogP contribution in [0.15, 0.2) is 24.3 Å². The van der Waals surface area contributed by atoms with Gasteiger partial charge in [0, 0.05) is 13.0 Å². The normalized spacial score (nSPS) is 34.2. The van der Waals surface area contributed by atoms with Gasteiger partial charge in [0.1, 0.15) is 0 Å². The van der Waals surface area contributed by atoms with Crippen molar-refractivity contribution in [2.24, 2.45) is 17.8 Å². The topological polar surface area (TPSA) is 20.3 Å². The van der Waals surface area contributed by atoms with Crippen LogP contribution >= 0.6 is 0 Å². The zero-order chi connectivity index (χ0) is 13.7. The van der Waals surface area contributed by atoms with Gasteiger partial charge in [-0.25, -0.2) is 0 Å². The number of nitrogens with zero attached hydrogens (tertiary/aromatic N) is 1. The summed E-state index contributed by atoms with van der Waals surface area (Å²) in [4.78, 5) is 14.9. The molecule has 0 radical (unpaired) electrons. The van der Waals surface area contributed by atoms with Gasteiger partial charge in [-0.15, -0.1) is 0 Å². The molecule has 0 N–H and O–H groups in total. The Labute approximate surface area is 121 Å². The van der Waals surface area contributed by atoms with Crippen LogP contribution in [0.1, 0.15) is 49.3 Å². The Bertz CT molecular complexity index is 538. The summed E-state index contributed by atoms with van der Waals surface area (Å²) >= 11 is 0. The minimum Gasteiger partial charge on any atom is -0.338 e. The molecule has 1 amide bonds. The van der Waals surface area contributed by atoms with Crippen LogP contribution in [0, 0.1) is 17.8 Å². The molecule has 0 saturated heterocycles. The van der Waals surface area contributed by atoms with Gasteiger partial charge in [-0.05, 0) is 55.1 Å². The molecule has 4 rings (SSSR count). The maximum absolute atomic E-state index is 12.9. The van der Waals surface area contributed by atoms with E-state index in [0.717, 1.165) is 25.2 Å². The van der Waals surface area contributed by atoms with Crippen LogP contribution < -0.4 is 0 Å². The van der Waals surface area contributed by atoms with E-state index in [2.05, 4.69) is 29.2 Å². The van der Waals surface area contributed by atoms with E-state index in [1.165, 1.54) is 30.4 Å². The number of carbonyl (C=O) groups excluding carboxylic acids is 1. The molecular weight excluding hydrogens is 246 g/mol. The Morgan fingerprint density at radius 1 is 1.15 bits per heavy atom. The highest BCUT2D eigenvalue weighted by Crippen LogP contribution is 2.49. The molecule has 1 aromatic carbocycles. The molecule has 0 spiro atoms. The number of hydrogen-bond acceptors (Lipinski definition) is 1. The minimum atomic E-state index is 0.317. The van der Waals surface area contributed by atoms with Crippen molar-refractivity contribution in [1.82, 2.24) is 4.90 Å². The third-order valence-electron chi connectivity index (χ3n) is 5.97. The van der Waals surface area contributed by atoms with Crippen LogP contribution in [0.4, 0.5) is 0 Å². The second-order valence-corrected chi connectivity index (χ2v) is 6.98. The van der Waals surface area contributed by atoms with Crippen molar-refractivity contribution in [3.05, 3.63) is 35.4 Å². The number of rotatable bonds is 2. The van der Waals surface area contributed by atoms with E-state index in [1.807, 2.05) is 7.05 Å². The van der Waals surface area contributed by atoms with Crippen LogP contribution in [-0.2, 0) is 11.2 Å². The summed E-state index contributed by atoms with van der Waals surface area (Å²) in [6, 6.07) is 8.95. The average Bonchev–Trinajstić information content (AvgIpc) is 3.19. The highest BCUT2D eigenvalue weighted by Gasteiger charge is 2.45. The average molecular weight is 269 g/mol. The highest BCUT2D eigenvalue weighted by molar-refractivity contribution is 5.80. The van der Waals surface area contributed by atoms with Gasteiger partial charge in [0.15, 0.2) is 0 Å². The standard InChI is InChI=1S/C18H23NO/c1-19(17-9-8-13-4-2-3-5-15(13)17)18(20)16-11-12-6-7-14(16)10-12/h2-5,12,14,16-17H,6-11H2,1H3/t12-,14-,16+,17-/m0/s1. The summed E-state index contributed by atoms with van der Waals surface area (Å²) in [6.45, 7) is 0. The van der Waals surface area contributed by atoms with E-state index in [4.69, 9.17) is 0 Å². The molecule has 0 heterocycles. The van der Waals surface area contributed by atoms with Crippen LogP contribution in [-0.4, -0.2) is 17.9 Å². The molecule has 2 saturated carbocycles. The molecule has 1 aromatic rings. The first kappa shape index (κ1) is 12.4. The lowest BCUT2D eigenvalue weighted by molar-refractivity contribution is -0.138. The van der Waals surface area contributed by atoms with Gasteiger partial charge in [-0.1, -0.05) is 30.7 Å². The van der Waals surface area contributed by atoms with Crippen LogP contribution in [0.25, 0.3) is 0 Å². The second-order valence-electron chi connectivity index (χ2n) is 6.98. The van der Waals surface area contributed by atoms with Crippen molar-refractivity contribution in [3.63, 3.8) is 0 Å². The lowest BCUT2D eigenvalue weighted by Crippen LogP contribution is -2.37. The number of benzene rings is 1. The van der Waals surface area contributed by atoms with Crippen LogP contribution in [0.2, 0.25) is 0 Å². The summed E-state index contributed by atoms with van der Waals surface area (Å²) in [7, 11) is 2.03. The van der Waals surface area contributed by atoms with E-state index in [0.29, 0.717) is 23.8 Å². The zero-order valence-corrected chi connectivity index (χ0v) is 12.2. The van der Waals surface area contributed by atoms with Crippen molar-refractivity contribution in [1.29, 1.82) is 0 Å². The van der Waals surface area contributed by atoms with Gasteiger partial charge in [0.2, 0.25) is 5.91 Å². The molecule has 0 aliphatic heterocycles. The molecule has 2 heteroatoms. The third-order valence-corrected chi connectivity index (χ3v) is 5.97. The zero-order valence-electron chi connectivity index (χ0n) is 12.2. The first-order valence-corrected chi connectivity index (χ1v) is 8.08. The summed E-state index contributed by atoms with van der Waals surface area (Å²) in [5, 5.41) is 0. The molecule has 3 aliphatic carbocycles. The summed E-state index contributed by atoms with van der Waals surface area (Å²) in [5.74, 6) is 2.27. The Morgan fingerprint density at radius 3 is 2.75 bits per heavy atom. The molecule has 4 atom stereocenters. The third kappa shape index (κ3) is 1.81. The summed E-state index contributed by atoms with van der Waals surface area (Å²) in [6.07, 6.45) is 7.34. The van der Waals surface area contributed by atoms with Gasteiger partial charge in [0.05, 0.1) is 6.04 Å². The second kappa shape index (κ2) is 4.61. The fourth-order valence-corrected chi connectivity index (χ4v) is 4.90. The first-order valence-electron chi connectivity index (χ1n) is 8.08. The Morgan fingerprint density at radius 2 is 2.00 bits per heavy atom. The highest BCUT2D eigenvalue weighted by atomic mass is 16.2. The quantitative estimate of drug-likeness (QED) is 0.803. The maximum Gasteiger partial charge on any atom is 0.226 e. The van der Waals surface area contributed by atoms with Crippen molar-refractivity contribution in [2.75, 3.05) is 7.05 Å². The molecule has 2 fully saturated rings. The van der Waals surface area contributed by atoms with Crippen molar-refractivity contribution in [3.8, 4) is 0 Å². The maximum atomic E-state index is 12.9. The van der Waals surface area contributed by atoms with E-state index in [9.17, 15) is 4.79 Å². The molecule has 20 heavy (non-hydrogen) atoms. The Balaban J connectivity index is 1.53. The van der Waals surface area contributed by atoms with Crippen LogP contribution in [0.3, 0.4) is 0 Å². The number of fused-ring (bicyclic) bond motifs is 3.